The summed E-state index contributed by atoms with van der Waals surface area (Å²) in [4.78, 5) is 11.3. The molecule has 1 atom stereocenters. The van der Waals surface area contributed by atoms with E-state index in [0.717, 1.165) is 30.5 Å². The van der Waals surface area contributed by atoms with Crippen LogP contribution >= 0.6 is 0 Å². The molecule has 3 rings (SSSR count). The number of rotatable bonds is 2. The number of ether oxygens (including phenoxy) is 1. The van der Waals surface area contributed by atoms with E-state index in [-0.39, 0.29) is 6.10 Å². The Bertz CT molecular complexity index is 461. The van der Waals surface area contributed by atoms with Crippen LogP contribution in [0.15, 0.2) is 18.6 Å². The van der Waals surface area contributed by atoms with Gasteiger partial charge in [0.15, 0.2) is 0 Å². The third-order valence-electron chi connectivity index (χ3n) is 2.61. The van der Waals surface area contributed by atoms with Gasteiger partial charge in [-0.15, -0.1) is 0 Å². The fraction of sp³-hybridized carbons (Fsp3) is 0.400. The van der Waals surface area contributed by atoms with Crippen LogP contribution in [0.25, 0.3) is 11.0 Å². The summed E-state index contributed by atoms with van der Waals surface area (Å²) in [5, 5.41) is 4.21. The Morgan fingerprint density at radius 2 is 2.40 bits per heavy atom. The number of hydrogen-bond donors (Lipinski definition) is 2. The lowest BCUT2D eigenvalue weighted by atomic mass is 10.3. The van der Waals surface area contributed by atoms with Crippen molar-refractivity contribution in [3.8, 4) is 5.88 Å². The lowest BCUT2D eigenvalue weighted by molar-refractivity contribution is 0.217. The second kappa shape index (κ2) is 3.51. The molecule has 0 amide bonds. The van der Waals surface area contributed by atoms with Crippen molar-refractivity contribution in [1.29, 1.82) is 0 Å². The lowest BCUT2D eigenvalue weighted by Crippen LogP contribution is -2.20. The van der Waals surface area contributed by atoms with Gasteiger partial charge in [0.2, 0.25) is 5.88 Å². The minimum Gasteiger partial charge on any atom is -0.472 e. The zero-order valence-electron chi connectivity index (χ0n) is 8.23. The van der Waals surface area contributed by atoms with E-state index >= 15 is 0 Å². The van der Waals surface area contributed by atoms with Crippen molar-refractivity contribution in [1.82, 2.24) is 20.3 Å². The number of nitrogens with zero attached hydrogens (tertiary/aromatic N) is 2. The first-order valence-corrected chi connectivity index (χ1v) is 5.09. The highest BCUT2D eigenvalue weighted by molar-refractivity contribution is 5.80. The standard InChI is InChI=1S/C10H12N4O/c1-3-11-5-7(1)15-10-8-2-4-12-9(8)13-6-14-10/h2,4,6-7,11H,1,3,5H2,(H,12,13,14). The zero-order chi connectivity index (χ0) is 10.1. The van der Waals surface area contributed by atoms with Crippen molar-refractivity contribution >= 4 is 11.0 Å². The molecule has 1 aliphatic heterocycles. The van der Waals surface area contributed by atoms with Gasteiger partial charge in [0.25, 0.3) is 0 Å². The normalized spacial score (nSPS) is 20.9. The maximum absolute atomic E-state index is 5.81. The summed E-state index contributed by atoms with van der Waals surface area (Å²) < 4.78 is 5.81. The Morgan fingerprint density at radius 1 is 1.40 bits per heavy atom. The summed E-state index contributed by atoms with van der Waals surface area (Å²) in [6.45, 7) is 1.92. The molecular formula is C10H12N4O. The second-order valence-electron chi connectivity index (χ2n) is 3.65. The highest BCUT2D eigenvalue weighted by Crippen LogP contribution is 2.21. The zero-order valence-corrected chi connectivity index (χ0v) is 8.23. The van der Waals surface area contributed by atoms with Crippen LogP contribution in [0.5, 0.6) is 5.88 Å². The van der Waals surface area contributed by atoms with Crippen LogP contribution in [-0.2, 0) is 0 Å². The predicted octanol–water partition coefficient (Wildman–Crippen LogP) is 0.699. The number of nitrogens with one attached hydrogen (secondary N) is 2. The molecule has 3 heterocycles. The molecule has 0 aliphatic carbocycles. The maximum Gasteiger partial charge on any atom is 0.226 e. The monoisotopic (exact) mass is 204 g/mol. The van der Waals surface area contributed by atoms with Crippen LogP contribution in [-0.4, -0.2) is 34.1 Å². The maximum atomic E-state index is 5.81. The average molecular weight is 204 g/mol. The summed E-state index contributed by atoms with van der Waals surface area (Å²) in [6, 6.07) is 1.94. The van der Waals surface area contributed by atoms with E-state index in [1.54, 1.807) is 0 Å². The van der Waals surface area contributed by atoms with Crippen molar-refractivity contribution in [2.24, 2.45) is 0 Å². The van der Waals surface area contributed by atoms with Gasteiger partial charge in [-0.05, 0) is 19.0 Å². The van der Waals surface area contributed by atoms with Gasteiger partial charge in [0.1, 0.15) is 18.1 Å². The Labute approximate surface area is 86.9 Å². The van der Waals surface area contributed by atoms with E-state index in [0.29, 0.717) is 5.88 Å². The number of hydrogen-bond acceptors (Lipinski definition) is 4. The van der Waals surface area contributed by atoms with Crippen LogP contribution in [0, 0.1) is 0 Å². The van der Waals surface area contributed by atoms with E-state index in [1.807, 2.05) is 12.3 Å². The van der Waals surface area contributed by atoms with Crippen molar-refractivity contribution < 1.29 is 4.74 Å². The van der Waals surface area contributed by atoms with Crippen LogP contribution < -0.4 is 10.1 Å². The Kier molecular flexibility index (Phi) is 2.03. The second-order valence-corrected chi connectivity index (χ2v) is 3.65. The molecule has 1 fully saturated rings. The summed E-state index contributed by atoms with van der Waals surface area (Å²) in [6.07, 6.45) is 4.64. The minimum atomic E-state index is 0.234. The third kappa shape index (κ3) is 1.55. The highest BCUT2D eigenvalue weighted by Gasteiger charge is 2.17. The first-order valence-electron chi connectivity index (χ1n) is 5.09. The molecule has 1 saturated heterocycles. The van der Waals surface area contributed by atoms with Gasteiger partial charge in [0, 0.05) is 12.7 Å². The summed E-state index contributed by atoms with van der Waals surface area (Å²) >= 11 is 0. The van der Waals surface area contributed by atoms with Crippen molar-refractivity contribution in [3.05, 3.63) is 18.6 Å². The van der Waals surface area contributed by atoms with Crippen LogP contribution in [0.2, 0.25) is 0 Å². The summed E-state index contributed by atoms with van der Waals surface area (Å²) in [7, 11) is 0. The Hall–Kier alpha value is -1.62. The molecule has 0 bridgehead atoms. The van der Waals surface area contributed by atoms with Gasteiger partial charge in [-0.25, -0.2) is 9.97 Å². The first-order chi connectivity index (χ1) is 7.43. The van der Waals surface area contributed by atoms with Gasteiger partial charge in [-0.2, -0.15) is 0 Å². The quantitative estimate of drug-likeness (QED) is 0.755. The SMILES string of the molecule is c1nc(OC2CCNC2)c2cc[nH]c2n1. The van der Waals surface area contributed by atoms with E-state index in [1.165, 1.54) is 6.33 Å². The Balaban J connectivity index is 1.92. The highest BCUT2D eigenvalue weighted by atomic mass is 16.5. The van der Waals surface area contributed by atoms with Gasteiger partial charge >= 0.3 is 0 Å². The molecule has 2 aromatic heterocycles. The largest absolute Gasteiger partial charge is 0.472 e. The van der Waals surface area contributed by atoms with Crippen molar-refractivity contribution in [2.45, 2.75) is 12.5 Å². The molecule has 0 aromatic carbocycles. The van der Waals surface area contributed by atoms with Crippen LogP contribution in [0.4, 0.5) is 0 Å². The molecule has 1 aliphatic rings. The average Bonchev–Trinajstić information content (AvgIpc) is 2.87. The molecule has 2 N–H and O–H groups in total. The fourth-order valence-electron chi connectivity index (χ4n) is 1.83. The molecular weight excluding hydrogens is 192 g/mol. The van der Waals surface area contributed by atoms with Gasteiger partial charge in [0.05, 0.1) is 5.39 Å². The molecule has 78 valence electrons. The molecule has 15 heavy (non-hydrogen) atoms. The number of H-pyrrole nitrogens is 1. The molecule has 0 spiro atoms. The van der Waals surface area contributed by atoms with E-state index in [4.69, 9.17) is 4.74 Å². The van der Waals surface area contributed by atoms with Gasteiger partial charge in [-0.3, -0.25) is 0 Å². The topological polar surface area (TPSA) is 62.8 Å². The van der Waals surface area contributed by atoms with Crippen LogP contribution in [0.3, 0.4) is 0 Å². The van der Waals surface area contributed by atoms with E-state index in [2.05, 4.69) is 20.3 Å². The summed E-state index contributed by atoms with van der Waals surface area (Å²) in [5.74, 6) is 0.676. The molecule has 0 saturated carbocycles. The molecule has 2 aromatic rings. The number of aromatic nitrogens is 3. The van der Waals surface area contributed by atoms with Crippen molar-refractivity contribution in [2.75, 3.05) is 13.1 Å². The smallest absolute Gasteiger partial charge is 0.226 e. The molecule has 1 unspecified atom stereocenters. The minimum absolute atomic E-state index is 0.234. The third-order valence-corrected chi connectivity index (χ3v) is 2.61. The van der Waals surface area contributed by atoms with Gasteiger partial charge in [-0.1, -0.05) is 0 Å². The first kappa shape index (κ1) is 8.67. The molecule has 5 nitrogen and oxygen atoms in total. The van der Waals surface area contributed by atoms with E-state index in [9.17, 15) is 0 Å². The predicted molar refractivity (Wildman–Crippen MR) is 55.8 cm³/mol. The summed E-state index contributed by atoms with van der Waals surface area (Å²) in [5.41, 5.74) is 0.825. The molecule has 0 radical (unpaired) electrons. The number of aromatic amines is 1. The molecule has 5 heteroatoms. The fourth-order valence-corrected chi connectivity index (χ4v) is 1.83. The van der Waals surface area contributed by atoms with Gasteiger partial charge < -0.3 is 15.0 Å². The van der Waals surface area contributed by atoms with Crippen molar-refractivity contribution in [3.63, 3.8) is 0 Å². The Morgan fingerprint density at radius 3 is 3.27 bits per heavy atom. The lowest BCUT2D eigenvalue weighted by Gasteiger charge is -2.11. The van der Waals surface area contributed by atoms with Crippen LogP contribution in [0.1, 0.15) is 6.42 Å². The van der Waals surface area contributed by atoms with E-state index < -0.39 is 0 Å². The number of fused-ring (bicyclic) bond motifs is 1.